The molecule has 0 bridgehead atoms. The van der Waals surface area contributed by atoms with Gasteiger partial charge in [-0.2, -0.15) is 0 Å². The minimum atomic E-state index is -0.716. The Balaban J connectivity index is 1.77. The van der Waals surface area contributed by atoms with E-state index in [1.54, 1.807) is 24.3 Å². The summed E-state index contributed by atoms with van der Waals surface area (Å²) < 4.78 is 5.70. The molecule has 0 aliphatic carbocycles. The van der Waals surface area contributed by atoms with Crippen LogP contribution in [-0.2, 0) is 16.0 Å². The standard InChI is InChI=1S/C21H20BrN3O5/c1-3-12-6-4-5-7-15(12)23-18(26)11-25-20(28)16(24-21(25)29)9-13-8-14(22)10-17(30-2)19(13)27/h4-10,27H,3,11H2,1-2H3,(H,23,26)(H,24,29)/b16-9+. The van der Waals surface area contributed by atoms with Crippen molar-refractivity contribution in [2.24, 2.45) is 0 Å². The predicted molar refractivity (Wildman–Crippen MR) is 115 cm³/mol. The third-order valence-electron chi connectivity index (χ3n) is 4.53. The molecule has 3 N–H and O–H groups in total. The summed E-state index contributed by atoms with van der Waals surface area (Å²) >= 11 is 3.30. The number of imide groups is 1. The van der Waals surface area contributed by atoms with Gasteiger partial charge in [0, 0.05) is 15.7 Å². The van der Waals surface area contributed by atoms with Gasteiger partial charge in [-0.15, -0.1) is 0 Å². The molecule has 1 aliphatic rings. The van der Waals surface area contributed by atoms with E-state index in [1.807, 2.05) is 19.1 Å². The number of carbonyl (C=O) groups excluding carboxylic acids is 3. The highest BCUT2D eigenvalue weighted by Crippen LogP contribution is 2.35. The van der Waals surface area contributed by atoms with Crippen LogP contribution in [0.1, 0.15) is 18.1 Å². The first-order valence-corrected chi connectivity index (χ1v) is 9.92. The maximum absolute atomic E-state index is 12.7. The lowest BCUT2D eigenvalue weighted by Crippen LogP contribution is -2.38. The SMILES string of the molecule is CCc1ccccc1NC(=O)CN1C(=O)N/C(=C/c2cc(Br)cc(OC)c2O)C1=O. The first-order chi connectivity index (χ1) is 14.3. The number of nitrogens with one attached hydrogen (secondary N) is 2. The summed E-state index contributed by atoms with van der Waals surface area (Å²) in [5.41, 5.74) is 1.80. The van der Waals surface area contributed by atoms with Gasteiger partial charge in [0.1, 0.15) is 12.2 Å². The molecule has 1 heterocycles. The highest BCUT2D eigenvalue weighted by atomic mass is 79.9. The maximum atomic E-state index is 12.7. The molecule has 8 nitrogen and oxygen atoms in total. The molecular formula is C21H20BrN3O5. The third-order valence-corrected chi connectivity index (χ3v) is 4.98. The molecular weight excluding hydrogens is 454 g/mol. The van der Waals surface area contributed by atoms with Crippen LogP contribution in [0.15, 0.2) is 46.6 Å². The number of benzene rings is 2. The third kappa shape index (κ3) is 4.46. The number of nitrogens with zero attached hydrogens (tertiary/aromatic N) is 1. The molecule has 0 spiro atoms. The Labute approximate surface area is 181 Å². The lowest BCUT2D eigenvalue weighted by atomic mass is 10.1. The van der Waals surface area contributed by atoms with Crippen LogP contribution in [0.2, 0.25) is 0 Å². The van der Waals surface area contributed by atoms with Crippen LogP contribution in [0.4, 0.5) is 10.5 Å². The molecule has 4 amide bonds. The Morgan fingerprint density at radius 1 is 1.30 bits per heavy atom. The van der Waals surface area contributed by atoms with Crippen molar-refractivity contribution in [1.82, 2.24) is 10.2 Å². The number of hydrogen-bond acceptors (Lipinski definition) is 5. The number of aromatic hydroxyl groups is 1. The van der Waals surface area contributed by atoms with Gasteiger partial charge in [0.2, 0.25) is 5.91 Å². The number of para-hydroxylation sites is 1. The number of aryl methyl sites for hydroxylation is 1. The molecule has 30 heavy (non-hydrogen) atoms. The lowest BCUT2D eigenvalue weighted by molar-refractivity contribution is -0.127. The lowest BCUT2D eigenvalue weighted by Gasteiger charge is -2.13. The van der Waals surface area contributed by atoms with E-state index in [2.05, 4.69) is 26.6 Å². The average molecular weight is 474 g/mol. The smallest absolute Gasteiger partial charge is 0.329 e. The molecule has 0 radical (unpaired) electrons. The van der Waals surface area contributed by atoms with E-state index >= 15 is 0 Å². The van der Waals surface area contributed by atoms with Gasteiger partial charge in [0.05, 0.1) is 7.11 Å². The average Bonchev–Trinajstić information content (AvgIpc) is 2.98. The number of amides is 4. The number of halogens is 1. The van der Waals surface area contributed by atoms with Gasteiger partial charge >= 0.3 is 6.03 Å². The summed E-state index contributed by atoms with van der Waals surface area (Å²) in [6, 6.07) is 9.74. The molecule has 0 aromatic heterocycles. The van der Waals surface area contributed by atoms with E-state index in [0.29, 0.717) is 10.2 Å². The Morgan fingerprint density at radius 3 is 2.73 bits per heavy atom. The number of carbonyl (C=O) groups is 3. The molecule has 1 aliphatic heterocycles. The number of methoxy groups -OCH3 is 1. The van der Waals surface area contributed by atoms with E-state index in [9.17, 15) is 19.5 Å². The summed E-state index contributed by atoms with van der Waals surface area (Å²) in [5.74, 6) is -1.13. The second kappa shape index (κ2) is 9.00. The molecule has 9 heteroatoms. The molecule has 156 valence electrons. The number of hydrogen-bond donors (Lipinski definition) is 3. The van der Waals surface area contributed by atoms with Crippen molar-refractivity contribution in [2.45, 2.75) is 13.3 Å². The highest BCUT2D eigenvalue weighted by molar-refractivity contribution is 9.10. The number of anilines is 1. The van der Waals surface area contributed by atoms with Crippen molar-refractivity contribution in [3.8, 4) is 11.5 Å². The van der Waals surface area contributed by atoms with Gasteiger partial charge < -0.3 is 20.5 Å². The summed E-state index contributed by atoms with van der Waals surface area (Å²) in [5, 5.41) is 15.4. The van der Waals surface area contributed by atoms with Crippen LogP contribution < -0.4 is 15.4 Å². The van der Waals surface area contributed by atoms with E-state index in [-0.39, 0.29) is 22.8 Å². The predicted octanol–water partition coefficient (Wildman–Crippen LogP) is 3.26. The van der Waals surface area contributed by atoms with Crippen molar-refractivity contribution in [3.63, 3.8) is 0 Å². The van der Waals surface area contributed by atoms with Crippen molar-refractivity contribution in [2.75, 3.05) is 19.0 Å². The Bertz CT molecular complexity index is 1050. The monoisotopic (exact) mass is 473 g/mol. The van der Waals surface area contributed by atoms with E-state index in [4.69, 9.17) is 4.74 Å². The minimum absolute atomic E-state index is 0.0581. The maximum Gasteiger partial charge on any atom is 0.329 e. The van der Waals surface area contributed by atoms with Crippen molar-refractivity contribution in [3.05, 3.63) is 57.7 Å². The van der Waals surface area contributed by atoms with Crippen molar-refractivity contribution in [1.29, 1.82) is 0 Å². The first kappa shape index (κ1) is 21.4. The minimum Gasteiger partial charge on any atom is -0.504 e. The second-order valence-electron chi connectivity index (χ2n) is 6.48. The molecule has 1 fully saturated rings. The number of rotatable bonds is 6. The van der Waals surface area contributed by atoms with Crippen LogP contribution in [0.3, 0.4) is 0 Å². The molecule has 0 saturated carbocycles. The van der Waals surface area contributed by atoms with Crippen molar-refractivity contribution < 1.29 is 24.2 Å². The van der Waals surface area contributed by atoms with Crippen LogP contribution in [0, 0.1) is 0 Å². The number of urea groups is 1. The molecule has 2 aromatic rings. The normalized spacial score (nSPS) is 14.8. The van der Waals surface area contributed by atoms with Crippen LogP contribution in [0.25, 0.3) is 6.08 Å². The zero-order valence-electron chi connectivity index (χ0n) is 16.4. The zero-order valence-corrected chi connectivity index (χ0v) is 17.9. The first-order valence-electron chi connectivity index (χ1n) is 9.12. The van der Waals surface area contributed by atoms with E-state index in [1.165, 1.54) is 13.2 Å². The number of phenols is 1. The number of ether oxygens (including phenoxy) is 1. The summed E-state index contributed by atoms with van der Waals surface area (Å²) in [7, 11) is 1.40. The van der Waals surface area contributed by atoms with E-state index < -0.39 is 24.4 Å². The summed E-state index contributed by atoms with van der Waals surface area (Å²) in [6.07, 6.45) is 2.05. The van der Waals surface area contributed by atoms with Gasteiger partial charge in [0.15, 0.2) is 11.5 Å². The van der Waals surface area contributed by atoms with Gasteiger partial charge in [-0.3, -0.25) is 9.59 Å². The van der Waals surface area contributed by atoms with Gasteiger partial charge in [0.25, 0.3) is 5.91 Å². The molecule has 2 aromatic carbocycles. The highest BCUT2D eigenvalue weighted by Gasteiger charge is 2.35. The molecule has 3 rings (SSSR count). The van der Waals surface area contributed by atoms with Crippen LogP contribution in [-0.4, -0.2) is 41.5 Å². The second-order valence-corrected chi connectivity index (χ2v) is 7.40. The van der Waals surface area contributed by atoms with Gasteiger partial charge in [-0.05, 0) is 36.3 Å². The van der Waals surface area contributed by atoms with Gasteiger partial charge in [-0.25, -0.2) is 9.69 Å². The fourth-order valence-corrected chi connectivity index (χ4v) is 3.47. The molecule has 0 atom stereocenters. The Kier molecular flexibility index (Phi) is 6.41. The summed E-state index contributed by atoms with van der Waals surface area (Å²) in [6.45, 7) is 1.53. The largest absolute Gasteiger partial charge is 0.504 e. The fraction of sp³-hybridized carbons (Fsp3) is 0.190. The Morgan fingerprint density at radius 2 is 2.03 bits per heavy atom. The van der Waals surface area contributed by atoms with Gasteiger partial charge in [-0.1, -0.05) is 41.1 Å². The Hall–Kier alpha value is -3.33. The summed E-state index contributed by atoms with van der Waals surface area (Å²) in [4.78, 5) is 38.1. The molecule has 0 unspecified atom stereocenters. The van der Waals surface area contributed by atoms with Crippen molar-refractivity contribution >= 4 is 45.5 Å². The topological polar surface area (TPSA) is 108 Å². The quantitative estimate of drug-likeness (QED) is 0.440. The van der Waals surface area contributed by atoms with Crippen LogP contribution in [0.5, 0.6) is 11.5 Å². The zero-order chi connectivity index (χ0) is 21.8. The fourth-order valence-electron chi connectivity index (χ4n) is 3.01. The molecule has 1 saturated heterocycles. The van der Waals surface area contributed by atoms with E-state index in [0.717, 1.165) is 16.9 Å². The number of phenolic OH excluding ortho intramolecular Hbond substituents is 1. The van der Waals surface area contributed by atoms with Crippen LogP contribution >= 0.6 is 15.9 Å².